The molecule has 0 saturated heterocycles. The standard InChI is InChI=1S/C14H26N2O2/c1-14(11-15,16-2)8-5-9-18-13-7-4-6-12(10-13)17-3/h12-13,16H,4-10H2,1-3H3. The number of rotatable bonds is 7. The van der Waals surface area contributed by atoms with Crippen molar-refractivity contribution in [2.75, 3.05) is 20.8 Å². The molecule has 0 amide bonds. The number of nitrogens with one attached hydrogen (secondary N) is 1. The van der Waals surface area contributed by atoms with E-state index in [4.69, 9.17) is 14.7 Å². The van der Waals surface area contributed by atoms with E-state index in [1.807, 2.05) is 14.0 Å². The lowest BCUT2D eigenvalue weighted by atomic mass is 9.94. The number of methoxy groups -OCH3 is 1. The van der Waals surface area contributed by atoms with Crippen LogP contribution in [0.5, 0.6) is 0 Å². The Morgan fingerprint density at radius 2 is 2.11 bits per heavy atom. The van der Waals surface area contributed by atoms with Crippen molar-refractivity contribution < 1.29 is 9.47 Å². The average Bonchev–Trinajstić information content (AvgIpc) is 2.43. The molecule has 1 rings (SSSR count). The second kappa shape index (κ2) is 7.73. The molecule has 104 valence electrons. The van der Waals surface area contributed by atoms with E-state index in [1.165, 1.54) is 6.42 Å². The summed E-state index contributed by atoms with van der Waals surface area (Å²) in [4.78, 5) is 0. The minimum Gasteiger partial charge on any atom is -0.381 e. The zero-order valence-electron chi connectivity index (χ0n) is 11.9. The highest BCUT2D eigenvalue weighted by Gasteiger charge is 2.23. The van der Waals surface area contributed by atoms with Crippen LogP contribution in [0.2, 0.25) is 0 Å². The first kappa shape index (κ1) is 15.4. The van der Waals surface area contributed by atoms with Gasteiger partial charge in [-0.2, -0.15) is 5.26 Å². The molecule has 0 spiro atoms. The van der Waals surface area contributed by atoms with Crippen molar-refractivity contribution in [3.63, 3.8) is 0 Å². The molecule has 1 aliphatic rings. The quantitative estimate of drug-likeness (QED) is 0.708. The SMILES string of the molecule is CNC(C)(C#N)CCCOC1CCCC(OC)C1. The van der Waals surface area contributed by atoms with Crippen molar-refractivity contribution in [2.24, 2.45) is 0 Å². The van der Waals surface area contributed by atoms with Crippen LogP contribution in [0, 0.1) is 11.3 Å². The van der Waals surface area contributed by atoms with E-state index >= 15 is 0 Å². The van der Waals surface area contributed by atoms with Crippen molar-refractivity contribution in [1.29, 1.82) is 5.26 Å². The molecule has 0 aromatic heterocycles. The zero-order valence-corrected chi connectivity index (χ0v) is 11.9. The molecule has 1 aliphatic carbocycles. The van der Waals surface area contributed by atoms with E-state index < -0.39 is 5.54 Å². The Morgan fingerprint density at radius 1 is 1.39 bits per heavy atom. The summed E-state index contributed by atoms with van der Waals surface area (Å²) < 4.78 is 11.3. The van der Waals surface area contributed by atoms with Crippen LogP contribution < -0.4 is 5.32 Å². The van der Waals surface area contributed by atoms with Gasteiger partial charge in [-0.05, 0) is 52.5 Å². The van der Waals surface area contributed by atoms with E-state index in [2.05, 4.69) is 11.4 Å². The molecular weight excluding hydrogens is 228 g/mol. The van der Waals surface area contributed by atoms with Gasteiger partial charge in [0.15, 0.2) is 0 Å². The first-order valence-corrected chi connectivity index (χ1v) is 6.88. The molecule has 3 unspecified atom stereocenters. The molecule has 1 saturated carbocycles. The molecule has 0 radical (unpaired) electrons. The summed E-state index contributed by atoms with van der Waals surface area (Å²) in [7, 11) is 3.60. The third kappa shape index (κ3) is 4.93. The third-order valence-electron chi connectivity index (χ3n) is 3.88. The normalized spacial score (nSPS) is 27.4. The highest BCUT2D eigenvalue weighted by atomic mass is 16.5. The van der Waals surface area contributed by atoms with Gasteiger partial charge in [0.25, 0.3) is 0 Å². The van der Waals surface area contributed by atoms with Crippen LogP contribution >= 0.6 is 0 Å². The number of nitrogens with zero attached hydrogens (tertiary/aromatic N) is 1. The van der Waals surface area contributed by atoms with Gasteiger partial charge in [0.2, 0.25) is 0 Å². The Balaban J connectivity index is 2.16. The van der Waals surface area contributed by atoms with Crippen LogP contribution in [0.1, 0.15) is 45.4 Å². The fourth-order valence-corrected chi connectivity index (χ4v) is 2.38. The summed E-state index contributed by atoms with van der Waals surface area (Å²) in [5.41, 5.74) is -0.426. The monoisotopic (exact) mass is 254 g/mol. The summed E-state index contributed by atoms with van der Waals surface area (Å²) in [6.45, 7) is 2.66. The fourth-order valence-electron chi connectivity index (χ4n) is 2.38. The van der Waals surface area contributed by atoms with Gasteiger partial charge in [-0.25, -0.2) is 0 Å². The van der Waals surface area contributed by atoms with Crippen LogP contribution in [-0.2, 0) is 9.47 Å². The molecule has 0 heterocycles. The minimum absolute atomic E-state index is 0.339. The molecule has 1 N–H and O–H groups in total. The summed E-state index contributed by atoms with van der Waals surface area (Å²) in [5, 5.41) is 12.1. The Labute approximate surface area is 111 Å². The number of hydrogen-bond donors (Lipinski definition) is 1. The molecule has 4 heteroatoms. The third-order valence-corrected chi connectivity index (χ3v) is 3.88. The van der Waals surface area contributed by atoms with Gasteiger partial charge < -0.3 is 14.8 Å². The molecular formula is C14H26N2O2. The molecule has 18 heavy (non-hydrogen) atoms. The molecule has 4 nitrogen and oxygen atoms in total. The molecule has 1 fully saturated rings. The summed E-state index contributed by atoms with van der Waals surface area (Å²) >= 11 is 0. The van der Waals surface area contributed by atoms with Crippen LogP contribution in [0.3, 0.4) is 0 Å². The van der Waals surface area contributed by atoms with Crippen LogP contribution in [0.4, 0.5) is 0 Å². The summed E-state index contributed by atoms with van der Waals surface area (Å²) in [6, 6.07) is 2.30. The van der Waals surface area contributed by atoms with E-state index in [0.717, 1.165) is 38.7 Å². The van der Waals surface area contributed by atoms with Crippen LogP contribution in [-0.4, -0.2) is 38.5 Å². The number of hydrogen-bond acceptors (Lipinski definition) is 4. The van der Waals surface area contributed by atoms with Crippen molar-refractivity contribution in [2.45, 2.75) is 63.2 Å². The highest BCUT2D eigenvalue weighted by Crippen LogP contribution is 2.23. The highest BCUT2D eigenvalue weighted by molar-refractivity contribution is 5.02. The molecule has 0 bridgehead atoms. The van der Waals surface area contributed by atoms with Gasteiger partial charge in [-0.1, -0.05) is 0 Å². The van der Waals surface area contributed by atoms with E-state index in [1.54, 1.807) is 7.11 Å². The van der Waals surface area contributed by atoms with Crippen LogP contribution in [0.25, 0.3) is 0 Å². The fraction of sp³-hybridized carbons (Fsp3) is 0.929. The lowest BCUT2D eigenvalue weighted by molar-refractivity contribution is -0.0308. The van der Waals surface area contributed by atoms with Crippen molar-refractivity contribution in [3.05, 3.63) is 0 Å². The lowest BCUT2D eigenvalue weighted by Crippen LogP contribution is -2.38. The largest absolute Gasteiger partial charge is 0.381 e. The Morgan fingerprint density at radius 3 is 2.72 bits per heavy atom. The molecule has 0 aromatic carbocycles. The van der Waals surface area contributed by atoms with Crippen LogP contribution in [0.15, 0.2) is 0 Å². The maximum Gasteiger partial charge on any atom is 0.103 e. The second-order valence-corrected chi connectivity index (χ2v) is 5.31. The summed E-state index contributed by atoms with van der Waals surface area (Å²) in [5.74, 6) is 0. The number of nitriles is 1. The zero-order chi connectivity index (χ0) is 13.4. The van der Waals surface area contributed by atoms with Gasteiger partial charge in [0, 0.05) is 13.7 Å². The van der Waals surface area contributed by atoms with E-state index in [9.17, 15) is 0 Å². The van der Waals surface area contributed by atoms with Crippen molar-refractivity contribution in [1.82, 2.24) is 5.32 Å². The average molecular weight is 254 g/mol. The first-order chi connectivity index (χ1) is 8.63. The maximum atomic E-state index is 9.03. The van der Waals surface area contributed by atoms with Gasteiger partial charge >= 0.3 is 0 Å². The Hall–Kier alpha value is -0.630. The van der Waals surface area contributed by atoms with Gasteiger partial charge in [0.05, 0.1) is 18.3 Å². The predicted molar refractivity (Wildman–Crippen MR) is 71.3 cm³/mol. The Kier molecular flexibility index (Phi) is 6.62. The second-order valence-electron chi connectivity index (χ2n) is 5.31. The van der Waals surface area contributed by atoms with Gasteiger partial charge in [-0.3, -0.25) is 0 Å². The lowest BCUT2D eigenvalue weighted by Gasteiger charge is -2.28. The first-order valence-electron chi connectivity index (χ1n) is 6.88. The topological polar surface area (TPSA) is 54.3 Å². The molecule has 3 atom stereocenters. The van der Waals surface area contributed by atoms with Gasteiger partial charge in [-0.15, -0.1) is 0 Å². The van der Waals surface area contributed by atoms with E-state index in [0.29, 0.717) is 12.2 Å². The Bertz CT molecular complexity index is 277. The summed E-state index contributed by atoms with van der Waals surface area (Å²) in [6.07, 6.45) is 6.94. The smallest absolute Gasteiger partial charge is 0.103 e. The minimum atomic E-state index is -0.426. The van der Waals surface area contributed by atoms with E-state index in [-0.39, 0.29) is 0 Å². The van der Waals surface area contributed by atoms with Gasteiger partial charge in [0.1, 0.15) is 5.54 Å². The van der Waals surface area contributed by atoms with Crippen molar-refractivity contribution >= 4 is 0 Å². The van der Waals surface area contributed by atoms with Crippen molar-refractivity contribution in [3.8, 4) is 6.07 Å². The number of ether oxygens (including phenoxy) is 2. The molecule has 0 aromatic rings. The maximum absolute atomic E-state index is 9.03. The predicted octanol–water partition coefficient (Wildman–Crippen LogP) is 2.24. The molecule has 0 aliphatic heterocycles.